The summed E-state index contributed by atoms with van der Waals surface area (Å²) in [5.74, 6) is 0.00619. The second-order valence-corrected chi connectivity index (χ2v) is 11.1. The lowest BCUT2D eigenvalue weighted by Crippen LogP contribution is -2.24. The molecule has 192 valence electrons. The first kappa shape index (κ1) is 26.5. The Bertz CT molecular complexity index is 1190. The van der Waals surface area contributed by atoms with Crippen LogP contribution in [0.4, 0.5) is 15.6 Å². The maximum absolute atomic E-state index is 12.5. The smallest absolute Gasteiger partial charge is 0.411 e. The summed E-state index contributed by atoms with van der Waals surface area (Å²) in [5, 5.41) is 7.44. The molecule has 7 nitrogen and oxygen atoms in total. The number of pyridine rings is 1. The number of thiazole rings is 1. The summed E-state index contributed by atoms with van der Waals surface area (Å²) < 4.78 is 6.59. The molecule has 0 radical (unpaired) electrons. The molecule has 1 saturated carbocycles. The van der Waals surface area contributed by atoms with Gasteiger partial charge in [0.05, 0.1) is 21.6 Å². The minimum atomic E-state index is -0.426. The number of halogens is 1. The van der Waals surface area contributed by atoms with Gasteiger partial charge < -0.3 is 10.1 Å². The summed E-state index contributed by atoms with van der Waals surface area (Å²) in [6.07, 6.45) is 11.4. The van der Waals surface area contributed by atoms with Crippen LogP contribution in [-0.2, 0) is 9.53 Å². The Kier molecular flexibility index (Phi) is 9.69. The number of amides is 2. The molecule has 0 atom stereocenters. The van der Waals surface area contributed by atoms with Crippen molar-refractivity contribution in [3.63, 3.8) is 0 Å². The van der Waals surface area contributed by atoms with Gasteiger partial charge >= 0.3 is 6.09 Å². The highest BCUT2D eigenvalue weighted by atomic mass is 79.9. The van der Waals surface area contributed by atoms with Gasteiger partial charge in [-0.1, -0.05) is 52.6 Å². The number of ether oxygens (including phenoxy) is 1. The highest BCUT2D eigenvalue weighted by molar-refractivity contribution is 9.09. The lowest BCUT2D eigenvalue weighted by molar-refractivity contribution is -0.116. The Hall–Kier alpha value is -2.52. The number of aromatic nitrogens is 2. The van der Waals surface area contributed by atoms with Crippen molar-refractivity contribution in [3.8, 4) is 11.1 Å². The molecule has 1 fully saturated rings. The maximum atomic E-state index is 12.5. The molecule has 0 bridgehead atoms. The molecule has 2 N–H and O–H groups in total. The van der Waals surface area contributed by atoms with Gasteiger partial charge in [0.1, 0.15) is 6.10 Å². The Morgan fingerprint density at radius 2 is 1.86 bits per heavy atom. The number of carbonyl (C=O) groups is 2. The summed E-state index contributed by atoms with van der Waals surface area (Å²) in [4.78, 5) is 33.8. The zero-order valence-corrected chi connectivity index (χ0v) is 23.1. The van der Waals surface area contributed by atoms with Crippen molar-refractivity contribution in [2.24, 2.45) is 0 Å². The molecule has 3 aromatic rings. The van der Waals surface area contributed by atoms with Gasteiger partial charge in [-0.2, -0.15) is 0 Å². The lowest BCUT2D eigenvalue weighted by Gasteiger charge is -2.22. The van der Waals surface area contributed by atoms with Crippen LogP contribution in [0.5, 0.6) is 0 Å². The number of carbonyl (C=O) groups excluding carboxylic acids is 2. The van der Waals surface area contributed by atoms with Crippen LogP contribution in [-0.4, -0.2) is 33.4 Å². The van der Waals surface area contributed by atoms with Crippen LogP contribution >= 0.6 is 27.3 Å². The maximum Gasteiger partial charge on any atom is 0.411 e. The first-order chi connectivity index (χ1) is 17.5. The topological polar surface area (TPSA) is 93.2 Å². The predicted octanol–water partition coefficient (Wildman–Crippen LogP) is 7.83. The molecule has 2 aromatic heterocycles. The van der Waals surface area contributed by atoms with Crippen LogP contribution in [0.15, 0.2) is 30.5 Å². The fourth-order valence-electron chi connectivity index (χ4n) is 4.36. The second kappa shape index (κ2) is 13.1. The van der Waals surface area contributed by atoms with E-state index in [0.29, 0.717) is 17.2 Å². The zero-order chi connectivity index (χ0) is 25.3. The fraction of sp³-hybridized carbons (Fsp3) is 0.481. The molecule has 2 heterocycles. The third-order valence-corrected chi connectivity index (χ3v) is 7.90. The van der Waals surface area contributed by atoms with E-state index in [4.69, 9.17) is 4.74 Å². The van der Waals surface area contributed by atoms with Crippen LogP contribution in [0, 0.1) is 6.92 Å². The molecule has 1 aliphatic carbocycles. The zero-order valence-electron chi connectivity index (χ0n) is 20.6. The van der Waals surface area contributed by atoms with Crippen molar-refractivity contribution in [1.29, 1.82) is 0 Å². The number of nitrogens with one attached hydrogen (secondary N) is 2. The first-order valence-corrected chi connectivity index (χ1v) is 14.7. The number of hydrogen-bond acceptors (Lipinski definition) is 6. The summed E-state index contributed by atoms with van der Waals surface area (Å²) in [5.41, 5.74) is 4.06. The summed E-state index contributed by atoms with van der Waals surface area (Å²) in [6, 6.07) is 7.89. The molecule has 0 saturated heterocycles. The van der Waals surface area contributed by atoms with E-state index in [-0.39, 0.29) is 12.0 Å². The van der Waals surface area contributed by atoms with Gasteiger partial charge in [-0.05, 0) is 69.2 Å². The standard InChI is InChI=1S/C27H33BrN4O3S/c1-18-23(31-27(34)35-21-9-5-4-6-10-21)15-20(17-29-18)19-12-13-22-24(16-19)36-26(30-22)32-25(33)11-7-2-3-8-14-28/h12-13,15-17,21H,2-11,14H2,1H3,(H,31,34)(H,30,32,33). The minimum Gasteiger partial charge on any atom is -0.446 e. The van der Waals surface area contributed by atoms with Gasteiger partial charge in [-0.15, -0.1) is 0 Å². The number of aryl methyl sites for hydroxylation is 1. The van der Waals surface area contributed by atoms with Crippen molar-refractivity contribution in [3.05, 3.63) is 36.2 Å². The van der Waals surface area contributed by atoms with E-state index in [1.165, 1.54) is 17.8 Å². The summed E-state index contributed by atoms with van der Waals surface area (Å²) >= 11 is 4.89. The van der Waals surface area contributed by atoms with Gasteiger partial charge in [-0.25, -0.2) is 9.78 Å². The minimum absolute atomic E-state index is 0.00200. The third-order valence-electron chi connectivity index (χ3n) is 6.41. The van der Waals surface area contributed by atoms with E-state index in [1.54, 1.807) is 6.20 Å². The average molecular weight is 574 g/mol. The predicted molar refractivity (Wildman–Crippen MR) is 150 cm³/mol. The SMILES string of the molecule is Cc1ncc(-c2ccc3nc(NC(=O)CCCCCCBr)sc3c2)cc1NC(=O)OC1CCCCC1. The fourth-order valence-corrected chi connectivity index (χ4v) is 5.68. The van der Waals surface area contributed by atoms with Crippen molar-refractivity contribution in [1.82, 2.24) is 9.97 Å². The monoisotopic (exact) mass is 572 g/mol. The van der Waals surface area contributed by atoms with E-state index in [9.17, 15) is 9.59 Å². The van der Waals surface area contributed by atoms with Gasteiger partial charge in [0, 0.05) is 23.5 Å². The number of fused-ring (bicyclic) bond motifs is 1. The third kappa shape index (κ3) is 7.49. The van der Waals surface area contributed by atoms with Gasteiger partial charge in [0.2, 0.25) is 5.91 Å². The van der Waals surface area contributed by atoms with Crippen molar-refractivity contribution >= 4 is 60.3 Å². The molecule has 1 aliphatic rings. The van der Waals surface area contributed by atoms with E-state index < -0.39 is 6.09 Å². The molecule has 9 heteroatoms. The molecule has 0 spiro atoms. The summed E-state index contributed by atoms with van der Waals surface area (Å²) in [6.45, 7) is 1.86. The number of anilines is 2. The molecule has 1 aromatic carbocycles. The number of hydrogen-bond donors (Lipinski definition) is 2. The molecule has 0 unspecified atom stereocenters. The highest BCUT2D eigenvalue weighted by Crippen LogP contribution is 2.32. The molecule has 0 aliphatic heterocycles. The molecule has 36 heavy (non-hydrogen) atoms. The molecular weight excluding hydrogens is 540 g/mol. The largest absolute Gasteiger partial charge is 0.446 e. The Morgan fingerprint density at radius 3 is 2.67 bits per heavy atom. The lowest BCUT2D eigenvalue weighted by atomic mass is 9.98. The first-order valence-electron chi connectivity index (χ1n) is 12.7. The van der Waals surface area contributed by atoms with Crippen LogP contribution in [0.3, 0.4) is 0 Å². The van der Waals surface area contributed by atoms with E-state index in [2.05, 4.69) is 36.5 Å². The summed E-state index contributed by atoms with van der Waals surface area (Å²) in [7, 11) is 0. The molecular formula is C27H33BrN4O3S. The highest BCUT2D eigenvalue weighted by Gasteiger charge is 2.18. The number of benzene rings is 1. The van der Waals surface area contributed by atoms with Crippen LogP contribution < -0.4 is 10.6 Å². The van der Waals surface area contributed by atoms with Gasteiger partial charge in [0.15, 0.2) is 5.13 Å². The van der Waals surface area contributed by atoms with Crippen molar-refractivity contribution < 1.29 is 14.3 Å². The van der Waals surface area contributed by atoms with Gasteiger partial charge in [0.25, 0.3) is 0 Å². The normalized spacial score (nSPS) is 14.1. The van der Waals surface area contributed by atoms with Crippen LogP contribution in [0.25, 0.3) is 21.3 Å². The molecule has 4 rings (SSSR count). The van der Waals surface area contributed by atoms with Crippen LogP contribution in [0.2, 0.25) is 0 Å². The molecule has 2 amide bonds. The number of alkyl halides is 1. The quantitative estimate of drug-likeness (QED) is 0.190. The van der Waals surface area contributed by atoms with Crippen LogP contribution in [0.1, 0.15) is 69.9 Å². The number of nitrogens with zero attached hydrogens (tertiary/aromatic N) is 2. The van der Waals surface area contributed by atoms with E-state index >= 15 is 0 Å². The number of unbranched alkanes of at least 4 members (excludes halogenated alkanes) is 3. The Labute approximate surface area is 224 Å². The van der Waals surface area contributed by atoms with Gasteiger partial charge in [-0.3, -0.25) is 15.1 Å². The van der Waals surface area contributed by atoms with Crippen molar-refractivity contribution in [2.75, 3.05) is 16.0 Å². The number of rotatable bonds is 10. The second-order valence-electron chi connectivity index (χ2n) is 9.25. The average Bonchev–Trinajstić information content (AvgIpc) is 3.27. The Morgan fingerprint density at radius 1 is 1.06 bits per heavy atom. The van der Waals surface area contributed by atoms with E-state index in [1.807, 2.05) is 31.2 Å². The van der Waals surface area contributed by atoms with E-state index in [0.717, 1.165) is 83.7 Å². The van der Waals surface area contributed by atoms with Crippen molar-refractivity contribution in [2.45, 2.75) is 77.2 Å². The Balaban J connectivity index is 1.40.